The van der Waals surface area contributed by atoms with Crippen molar-refractivity contribution in [3.8, 4) is 0 Å². The molecular formula is C16H25N3O3. The number of rotatable bonds is 3. The number of nitrogens with zero attached hydrogens (tertiary/aromatic N) is 2. The van der Waals surface area contributed by atoms with E-state index in [4.69, 9.17) is 4.74 Å². The van der Waals surface area contributed by atoms with Gasteiger partial charge in [-0.2, -0.15) is 0 Å². The van der Waals surface area contributed by atoms with E-state index < -0.39 is 5.41 Å². The number of carbonyl (C=O) groups excluding carboxylic acids is 2. The Morgan fingerprint density at radius 1 is 1.41 bits per heavy atom. The Morgan fingerprint density at radius 3 is 2.73 bits per heavy atom. The number of hydrogen-bond acceptors (Lipinski definition) is 3. The van der Waals surface area contributed by atoms with Crippen molar-refractivity contribution in [2.24, 2.45) is 12.5 Å². The quantitative estimate of drug-likeness (QED) is 0.909. The minimum Gasteiger partial charge on any atom is -0.377 e. The summed E-state index contributed by atoms with van der Waals surface area (Å²) in [5, 5.41) is 2.72. The predicted molar refractivity (Wildman–Crippen MR) is 83.2 cm³/mol. The van der Waals surface area contributed by atoms with Crippen LogP contribution in [0.25, 0.3) is 0 Å². The zero-order valence-corrected chi connectivity index (χ0v) is 13.8. The van der Waals surface area contributed by atoms with Gasteiger partial charge in [-0.05, 0) is 12.1 Å². The molecule has 2 heterocycles. The van der Waals surface area contributed by atoms with Gasteiger partial charge in [-0.3, -0.25) is 9.59 Å². The first-order valence-electron chi connectivity index (χ1n) is 7.57. The SMILES string of the molecule is Cn1cccc1[C@@H]1COCCN1C(=O)CNC(=O)C(C)(C)C. The molecule has 0 aromatic carbocycles. The molecule has 1 aromatic rings. The Hall–Kier alpha value is -1.82. The molecule has 1 fully saturated rings. The van der Waals surface area contributed by atoms with Gasteiger partial charge in [-0.25, -0.2) is 0 Å². The summed E-state index contributed by atoms with van der Waals surface area (Å²) in [7, 11) is 1.95. The molecule has 2 rings (SSSR count). The molecule has 1 aliphatic heterocycles. The van der Waals surface area contributed by atoms with E-state index >= 15 is 0 Å². The maximum Gasteiger partial charge on any atom is 0.242 e. The third-order valence-electron chi connectivity index (χ3n) is 3.86. The maximum atomic E-state index is 12.5. The predicted octanol–water partition coefficient (Wildman–Crippen LogP) is 1.09. The minimum atomic E-state index is -0.497. The van der Waals surface area contributed by atoms with Crippen LogP contribution in [0.15, 0.2) is 18.3 Å². The topological polar surface area (TPSA) is 63.6 Å². The molecule has 6 nitrogen and oxygen atoms in total. The van der Waals surface area contributed by atoms with Gasteiger partial charge >= 0.3 is 0 Å². The molecule has 6 heteroatoms. The van der Waals surface area contributed by atoms with Crippen LogP contribution in [0.4, 0.5) is 0 Å². The van der Waals surface area contributed by atoms with Crippen LogP contribution >= 0.6 is 0 Å². The molecule has 0 spiro atoms. The molecule has 1 N–H and O–H groups in total. The second kappa shape index (κ2) is 6.52. The smallest absolute Gasteiger partial charge is 0.242 e. The van der Waals surface area contributed by atoms with Crippen molar-refractivity contribution in [2.75, 3.05) is 26.3 Å². The van der Waals surface area contributed by atoms with E-state index in [1.807, 2.05) is 50.7 Å². The number of nitrogens with one attached hydrogen (secondary N) is 1. The highest BCUT2D eigenvalue weighted by atomic mass is 16.5. The first kappa shape index (κ1) is 16.5. The third kappa shape index (κ3) is 3.68. The van der Waals surface area contributed by atoms with Crippen molar-refractivity contribution < 1.29 is 14.3 Å². The highest BCUT2D eigenvalue weighted by Gasteiger charge is 2.30. The Balaban J connectivity index is 2.03. The fourth-order valence-electron chi connectivity index (χ4n) is 2.49. The van der Waals surface area contributed by atoms with Gasteiger partial charge in [0.15, 0.2) is 0 Å². The molecule has 0 saturated carbocycles. The lowest BCUT2D eigenvalue weighted by Gasteiger charge is -2.36. The highest BCUT2D eigenvalue weighted by molar-refractivity contribution is 5.87. The van der Waals surface area contributed by atoms with Crippen LogP contribution in [0.1, 0.15) is 32.5 Å². The van der Waals surface area contributed by atoms with Gasteiger partial charge < -0.3 is 19.5 Å². The first-order chi connectivity index (χ1) is 10.3. The standard InChI is InChI=1S/C16H25N3O3/c1-16(2,3)15(21)17-10-14(20)19-8-9-22-11-13(19)12-6-5-7-18(12)4/h5-7,13H,8-11H2,1-4H3,(H,17,21)/t13-/m0/s1. The van der Waals surface area contributed by atoms with E-state index in [9.17, 15) is 9.59 Å². The largest absolute Gasteiger partial charge is 0.377 e. The summed E-state index contributed by atoms with van der Waals surface area (Å²) in [6.07, 6.45) is 1.95. The number of hydrogen-bond donors (Lipinski definition) is 1. The van der Waals surface area contributed by atoms with Gasteiger partial charge in [-0.1, -0.05) is 20.8 Å². The molecule has 122 valence electrons. The van der Waals surface area contributed by atoms with Crippen LogP contribution in [-0.2, 0) is 21.4 Å². The number of aryl methyl sites for hydroxylation is 1. The Bertz CT molecular complexity index is 545. The van der Waals surface area contributed by atoms with E-state index in [-0.39, 0.29) is 24.4 Å². The summed E-state index contributed by atoms with van der Waals surface area (Å²) < 4.78 is 7.52. The lowest BCUT2D eigenvalue weighted by atomic mass is 9.96. The van der Waals surface area contributed by atoms with Crippen LogP contribution < -0.4 is 5.32 Å². The van der Waals surface area contributed by atoms with E-state index in [1.54, 1.807) is 4.90 Å². The van der Waals surface area contributed by atoms with Crippen molar-refractivity contribution in [3.05, 3.63) is 24.0 Å². The van der Waals surface area contributed by atoms with Crippen LogP contribution in [0, 0.1) is 5.41 Å². The van der Waals surface area contributed by atoms with Gasteiger partial charge in [0.1, 0.15) is 0 Å². The Labute approximate surface area is 131 Å². The normalized spacial score (nSPS) is 19.1. The average molecular weight is 307 g/mol. The van der Waals surface area contributed by atoms with Crippen molar-refractivity contribution in [2.45, 2.75) is 26.8 Å². The van der Waals surface area contributed by atoms with E-state index in [0.717, 1.165) is 5.69 Å². The molecule has 2 amide bonds. The number of ether oxygens (including phenoxy) is 1. The molecule has 0 aliphatic carbocycles. The van der Waals surface area contributed by atoms with Crippen molar-refractivity contribution in [1.29, 1.82) is 0 Å². The highest BCUT2D eigenvalue weighted by Crippen LogP contribution is 2.24. The lowest BCUT2D eigenvalue weighted by Crippen LogP contribution is -2.49. The number of aromatic nitrogens is 1. The summed E-state index contributed by atoms with van der Waals surface area (Å²) in [6, 6.07) is 3.84. The van der Waals surface area contributed by atoms with Gasteiger partial charge in [0.05, 0.1) is 25.8 Å². The molecule has 1 saturated heterocycles. The van der Waals surface area contributed by atoms with E-state index in [2.05, 4.69) is 5.32 Å². The minimum absolute atomic E-state index is 0.0248. The Kier molecular flexibility index (Phi) is 4.90. The average Bonchev–Trinajstić information content (AvgIpc) is 2.89. The van der Waals surface area contributed by atoms with Crippen LogP contribution in [-0.4, -0.2) is 47.6 Å². The molecule has 1 atom stereocenters. The zero-order chi connectivity index (χ0) is 16.3. The molecule has 0 unspecified atom stereocenters. The number of morpholine rings is 1. The molecule has 0 radical (unpaired) electrons. The molecule has 22 heavy (non-hydrogen) atoms. The van der Waals surface area contributed by atoms with Crippen LogP contribution in [0.5, 0.6) is 0 Å². The molecule has 0 bridgehead atoms. The fourth-order valence-corrected chi connectivity index (χ4v) is 2.49. The first-order valence-corrected chi connectivity index (χ1v) is 7.57. The lowest BCUT2D eigenvalue weighted by molar-refractivity contribution is -0.141. The van der Waals surface area contributed by atoms with E-state index in [0.29, 0.717) is 19.8 Å². The van der Waals surface area contributed by atoms with Gasteiger partial charge in [-0.15, -0.1) is 0 Å². The second-order valence-electron chi connectivity index (χ2n) is 6.65. The van der Waals surface area contributed by atoms with Gasteiger partial charge in [0.25, 0.3) is 0 Å². The number of amides is 2. The van der Waals surface area contributed by atoms with Gasteiger partial charge in [0.2, 0.25) is 11.8 Å². The van der Waals surface area contributed by atoms with Crippen LogP contribution in [0.2, 0.25) is 0 Å². The zero-order valence-electron chi connectivity index (χ0n) is 13.8. The summed E-state index contributed by atoms with van der Waals surface area (Å²) in [4.78, 5) is 26.2. The van der Waals surface area contributed by atoms with Crippen molar-refractivity contribution >= 4 is 11.8 Å². The van der Waals surface area contributed by atoms with Crippen molar-refractivity contribution in [1.82, 2.24) is 14.8 Å². The maximum absolute atomic E-state index is 12.5. The number of carbonyl (C=O) groups is 2. The molecule has 1 aromatic heterocycles. The molecule has 1 aliphatic rings. The summed E-state index contributed by atoms with van der Waals surface area (Å²) in [6.45, 7) is 7.06. The monoisotopic (exact) mass is 307 g/mol. The summed E-state index contributed by atoms with van der Waals surface area (Å²) in [5.41, 5.74) is 0.540. The summed E-state index contributed by atoms with van der Waals surface area (Å²) >= 11 is 0. The van der Waals surface area contributed by atoms with Crippen molar-refractivity contribution in [3.63, 3.8) is 0 Å². The second-order valence-corrected chi connectivity index (χ2v) is 6.65. The summed E-state index contributed by atoms with van der Waals surface area (Å²) in [5.74, 6) is -0.198. The van der Waals surface area contributed by atoms with Gasteiger partial charge in [0, 0.05) is 30.9 Å². The van der Waals surface area contributed by atoms with Crippen LogP contribution in [0.3, 0.4) is 0 Å². The van der Waals surface area contributed by atoms with E-state index in [1.165, 1.54) is 0 Å². The molecular weight excluding hydrogens is 282 g/mol. The third-order valence-corrected chi connectivity index (χ3v) is 3.86. The Morgan fingerprint density at radius 2 is 2.14 bits per heavy atom. The fraction of sp³-hybridized carbons (Fsp3) is 0.625.